The predicted octanol–water partition coefficient (Wildman–Crippen LogP) is 2.67. The molecule has 2 N–H and O–H groups in total. The molecule has 1 aliphatic heterocycles. The molecule has 0 radical (unpaired) electrons. The van der Waals surface area contributed by atoms with Crippen molar-refractivity contribution in [1.29, 1.82) is 0 Å². The van der Waals surface area contributed by atoms with Crippen LogP contribution in [0.25, 0.3) is 0 Å². The van der Waals surface area contributed by atoms with Crippen LogP contribution in [0.15, 0.2) is 59.5 Å². The first-order valence-electron chi connectivity index (χ1n) is 7.94. The van der Waals surface area contributed by atoms with Crippen LogP contribution in [0.4, 0.5) is 0 Å². The van der Waals surface area contributed by atoms with Crippen molar-refractivity contribution in [2.45, 2.75) is 16.9 Å². The minimum absolute atomic E-state index is 0.0828. The van der Waals surface area contributed by atoms with Gasteiger partial charge in [0.2, 0.25) is 0 Å². The molecule has 1 fully saturated rings. The Bertz CT molecular complexity index is 794. The summed E-state index contributed by atoms with van der Waals surface area (Å²) in [6, 6.07) is 16.3. The van der Waals surface area contributed by atoms with Crippen molar-refractivity contribution in [2.24, 2.45) is 5.73 Å². The number of hydrogen-bond acceptors (Lipinski definition) is 4. The molecule has 0 aliphatic carbocycles. The Kier molecular flexibility index (Phi) is 4.97. The molecule has 1 saturated heterocycles. The molecule has 0 aromatic heterocycles. The van der Waals surface area contributed by atoms with Crippen LogP contribution < -0.4 is 5.73 Å². The van der Waals surface area contributed by atoms with Crippen molar-refractivity contribution in [2.75, 3.05) is 25.4 Å². The van der Waals surface area contributed by atoms with E-state index in [0.717, 1.165) is 18.5 Å². The van der Waals surface area contributed by atoms with Gasteiger partial charge in [0.25, 0.3) is 0 Å². The van der Waals surface area contributed by atoms with E-state index in [1.807, 2.05) is 30.3 Å². The number of sulfone groups is 1. The molecule has 0 saturated carbocycles. The second kappa shape index (κ2) is 6.84. The second-order valence-electron chi connectivity index (χ2n) is 6.32. The molecule has 2 aromatic rings. The smallest absolute Gasteiger partial charge is 0.179 e. The summed E-state index contributed by atoms with van der Waals surface area (Å²) < 4.78 is 24.9. The molecule has 1 atom stereocenters. The van der Waals surface area contributed by atoms with Gasteiger partial charge in [-0.2, -0.15) is 0 Å². The quantitative estimate of drug-likeness (QED) is 0.885. The van der Waals surface area contributed by atoms with E-state index < -0.39 is 15.4 Å². The van der Waals surface area contributed by atoms with Crippen LogP contribution in [-0.4, -0.2) is 38.7 Å². The summed E-state index contributed by atoms with van der Waals surface area (Å²) >= 11 is 5.82. The van der Waals surface area contributed by atoms with E-state index in [1.165, 1.54) is 0 Å². The van der Waals surface area contributed by atoms with Crippen molar-refractivity contribution >= 4 is 21.4 Å². The summed E-state index contributed by atoms with van der Waals surface area (Å²) in [5.74, 6) is 0.0828. The molecule has 0 amide bonds. The highest BCUT2D eigenvalue weighted by molar-refractivity contribution is 7.91. The normalized spacial score (nSPS) is 21.9. The molecule has 2 aromatic carbocycles. The predicted molar refractivity (Wildman–Crippen MR) is 96.9 cm³/mol. The first kappa shape index (κ1) is 17.4. The Morgan fingerprint density at radius 3 is 2.42 bits per heavy atom. The minimum Gasteiger partial charge on any atom is -0.320 e. The summed E-state index contributed by atoms with van der Waals surface area (Å²) in [4.78, 5) is 2.44. The first-order chi connectivity index (χ1) is 11.4. The van der Waals surface area contributed by atoms with Crippen molar-refractivity contribution in [1.82, 2.24) is 4.90 Å². The highest BCUT2D eigenvalue weighted by Crippen LogP contribution is 2.29. The largest absolute Gasteiger partial charge is 0.320 e. The highest BCUT2D eigenvalue weighted by Gasteiger charge is 2.36. The summed E-state index contributed by atoms with van der Waals surface area (Å²) in [7, 11) is -3.31. The maximum absolute atomic E-state index is 12.4. The van der Waals surface area contributed by atoms with E-state index in [4.69, 9.17) is 17.3 Å². The second-order valence-corrected chi connectivity index (χ2v) is 8.87. The van der Waals surface area contributed by atoms with Gasteiger partial charge in [0.05, 0.1) is 16.2 Å². The molecule has 0 bridgehead atoms. The molecule has 1 aliphatic rings. The summed E-state index contributed by atoms with van der Waals surface area (Å²) in [6.07, 6.45) is 0.831. The average Bonchev–Trinajstić information content (AvgIpc) is 2.97. The van der Waals surface area contributed by atoms with Crippen molar-refractivity contribution in [3.63, 3.8) is 0 Å². The number of rotatable bonds is 5. The van der Waals surface area contributed by atoms with E-state index in [0.29, 0.717) is 23.0 Å². The molecule has 1 unspecified atom stereocenters. The van der Waals surface area contributed by atoms with Gasteiger partial charge in [-0.3, -0.25) is 0 Å². The van der Waals surface area contributed by atoms with E-state index in [2.05, 4.69) is 4.90 Å². The van der Waals surface area contributed by atoms with Crippen LogP contribution in [0.3, 0.4) is 0 Å². The van der Waals surface area contributed by atoms with E-state index >= 15 is 0 Å². The molecule has 24 heavy (non-hydrogen) atoms. The first-order valence-corrected chi connectivity index (χ1v) is 9.97. The number of benzene rings is 2. The third-order valence-electron chi connectivity index (χ3n) is 4.58. The molecule has 128 valence electrons. The lowest BCUT2D eigenvalue weighted by Gasteiger charge is -2.25. The molecule has 3 rings (SSSR count). The highest BCUT2D eigenvalue weighted by atomic mass is 35.5. The number of hydrogen-bond donors (Lipinski definition) is 1. The Morgan fingerprint density at radius 1 is 1.08 bits per heavy atom. The number of nitrogens with two attached hydrogens (primary N) is 1. The number of likely N-dealkylation sites (tertiary alicyclic amines) is 1. The Balaban J connectivity index is 1.63. The third-order valence-corrected chi connectivity index (χ3v) is 6.54. The van der Waals surface area contributed by atoms with Gasteiger partial charge in [0.15, 0.2) is 9.84 Å². The zero-order valence-corrected chi connectivity index (χ0v) is 14.9. The lowest BCUT2D eigenvalue weighted by atomic mass is 9.90. The van der Waals surface area contributed by atoms with Crippen LogP contribution in [0.1, 0.15) is 12.0 Å². The van der Waals surface area contributed by atoms with Gasteiger partial charge < -0.3 is 10.6 Å². The van der Waals surface area contributed by atoms with Gasteiger partial charge in [-0.05, 0) is 36.2 Å². The number of nitrogens with zero attached hydrogens (tertiary/aromatic N) is 1. The molecule has 6 heteroatoms. The molecule has 4 nitrogen and oxygen atoms in total. The van der Waals surface area contributed by atoms with E-state index in [-0.39, 0.29) is 5.75 Å². The molecular formula is C18H21ClN2O2S. The lowest BCUT2D eigenvalue weighted by molar-refractivity contribution is 0.328. The molecular weight excluding hydrogens is 344 g/mol. The fourth-order valence-corrected chi connectivity index (χ4v) is 4.53. The maximum atomic E-state index is 12.4. The Hall–Kier alpha value is -1.40. The third kappa shape index (κ3) is 3.81. The van der Waals surface area contributed by atoms with Gasteiger partial charge in [0, 0.05) is 24.7 Å². The lowest BCUT2D eigenvalue weighted by Crippen LogP contribution is -2.40. The van der Waals surface area contributed by atoms with Gasteiger partial charge in [-0.25, -0.2) is 8.42 Å². The zero-order chi connectivity index (χ0) is 17.2. The topological polar surface area (TPSA) is 63.4 Å². The maximum Gasteiger partial charge on any atom is 0.179 e. The summed E-state index contributed by atoms with van der Waals surface area (Å²) in [6.45, 7) is 1.96. The van der Waals surface area contributed by atoms with Crippen LogP contribution in [-0.2, 0) is 15.4 Å². The average molecular weight is 365 g/mol. The minimum atomic E-state index is -3.31. The van der Waals surface area contributed by atoms with Crippen LogP contribution in [0.2, 0.25) is 5.02 Å². The zero-order valence-electron chi connectivity index (χ0n) is 13.4. The molecule has 1 heterocycles. The van der Waals surface area contributed by atoms with Crippen LogP contribution in [0, 0.1) is 0 Å². The van der Waals surface area contributed by atoms with Crippen LogP contribution >= 0.6 is 11.6 Å². The number of halogens is 1. The Morgan fingerprint density at radius 2 is 1.75 bits per heavy atom. The standard InChI is InChI=1S/C18H21ClN2O2S/c19-16-6-8-17(9-7-16)24(22,23)13-12-21-11-10-18(20,14-21)15-4-2-1-3-5-15/h1-9H,10-14,20H2. The van der Waals surface area contributed by atoms with Gasteiger partial charge in [-0.1, -0.05) is 41.9 Å². The van der Waals surface area contributed by atoms with Crippen molar-refractivity contribution < 1.29 is 8.42 Å². The van der Waals surface area contributed by atoms with E-state index in [1.54, 1.807) is 24.3 Å². The Labute approximate surface area is 148 Å². The SMILES string of the molecule is NC1(c2ccccc2)CCN(CCS(=O)(=O)c2ccc(Cl)cc2)C1. The fourth-order valence-electron chi connectivity index (χ4n) is 3.12. The summed E-state index contributed by atoms with van der Waals surface area (Å²) in [5.41, 5.74) is 7.24. The fraction of sp³-hybridized carbons (Fsp3) is 0.333. The van der Waals surface area contributed by atoms with Crippen molar-refractivity contribution in [3.05, 3.63) is 65.2 Å². The monoisotopic (exact) mass is 364 g/mol. The van der Waals surface area contributed by atoms with Crippen LogP contribution in [0.5, 0.6) is 0 Å². The van der Waals surface area contributed by atoms with E-state index in [9.17, 15) is 8.42 Å². The van der Waals surface area contributed by atoms with Gasteiger partial charge >= 0.3 is 0 Å². The van der Waals surface area contributed by atoms with Gasteiger partial charge in [0.1, 0.15) is 0 Å². The molecule has 0 spiro atoms. The van der Waals surface area contributed by atoms with Gasteiger partial charge in [-0.15, -0.1) is 0 Å². The summed E-state index contributed by atoms with van der Waals surface area (Å²) in [5, 5.41) is 0.532. The van der Waals surface area contributed by atoms with Crippen molar-refractivity contribution in [3.8, 4) is 0 Å².